The molecule has 4 heteroatoms. The van der Waals surface area contributed by atoms with Gasteiger partial charge in [0.2, 0.25) is 5.91 Å². The van der Waals surface area contributed by atoms with Crippen molar-refractivity contribution in [2.24, 2.45) is 0 Å². The zero-order valence-corrected chi connectivity index (χ0v) is 15.6. The van der Waals surface area contributed by atoms with Crippen LogP contribution in [-0.2, 0) is 9.53 Å². The van der Waals surface area contributed by atoms with Gasteiger partial charge in [0, 0.05) is 5.69 Å². The van der Waals surface area contributed by atoms with E-state index < -0.39 is 0 Å². The van der Waals surface area contributed by atoms with E-state index in [1.54, 1.807) is 31.2 Å². The van der Waals surface area contributed by atoms with Crippen molar-refractivity contribution in [3.8, 4) is 0 Å². The Balaban J connectivity index is 1.68. The van der Waals surface area contributed by atoms with E-state index in [0.29, 0.717) is 12.2 Å². The molecule has 1 saturated heterocycles. The van der Waals surface area contributed by atoms with E-state index in [-0.39, 0.29) is 23.8 Å². The molecule has 1 aliphatic heterocycles. The number of anilines is 1. The highest BCUT2D eigenvalue weighted by Crippen LogP contribution is 2.48. The van der Waals surface area contributed by atoms with Crippen LogP contribution in [0.4, 0.5) is 5.69 Å². The lowest BCUT2D eigenvalue weighted by Gasteiger charge is -2.47. The molecule has 28 heavy (non-hydrogen) atoms. The Morgan fingerprint density at radius 1 is 0.857 bits per heavy atom. The van der Waals surface area contributed by atoms with Crippen LogP contribution < -0.4 is 4.90 Å². The summed E-state index contributed by atoms with van der Waals surface area (Å²) in [5.74, 6) is -0.511. The topological polar surface area (TPSA) is 46.6 Å². The first-order chi connectivity index (χ1) is 13.7. The molecule has 1 heterocycles. The molecule has 0 bridgehead atoms. The Kier molecular flexibility index (Phi) is 4.94. The van der Waals surface area contributed by atoms with Crippen LogP contribution in [0.2, 0.25) is 0 Å². The number of β-lactam (4-membered cyclic amide) rings is 1. The van der Waals surface area contributed by atoms with E-state index in [9.17, 15) is 9.59 Å². The molecule has 1 aliphatic rings. The Morgan fingerprint density at radius 3 is 2.00 bits per heavy atom. The van der Waals surface area contributed by atoms with Gasteiger partial charge >= 0.3 is 5.97 Å². The fourth-order valence-corrected chi connectivity index (χ4v) is 3.73. The molecule has 0 saturated carbocycles. The van der Waals surface area contributed by atoms with Crippen molar-refractivity contribution in [1.82, 2.24) is 0 Å². The van der Waals surface area contributed by atoms with Gasteiger partial charge in [-0.25, -0.2) is 4.79 Å². The van der Waals surface area contributed by atoms with Crippen LogP contribution in [0.25, 0.3) is 0 Å². The van der Waals surface area contributed by atoms with Gasteiger partial charge in [0.05, 0.1) is 24.1 Å². The van der Waals surface area contributed by atoms with Crippen molar-refractivity contribution < 1.29 is 14.3 Å². The zero-order chi connectivity index (χ0) is 19.5. The van der Waals surface area contributed by atoms with Gasteiger partial charge in [-0.1, -0.05) is 60.7 Å². The van der Waals surface area contributed by atoms with Crippen molar-refractivity contribution in [3.63, 3.8) is 0 Å². The summed E-state index contributed by atoms with van der Waals surface area (Å²) >= 11 is 0. The van der Waals surface area contributed by atoms with Gasteiger partial charge in [0.1, 0.15) is 0 Å². The van der Waals surface area contributed by atoms with E-state index in [1.807, 2.05) is 65.6 Å². The molecular weight excluding hydrogens is 350 g/mol. The van der Waals surface area contributed by atoms with Gasteiger partial charge in [-0.15, -0.1) is 0 Å². The number of carbonyl (C=O) groups is 2. The number of hydrogen-bond acceptors (Lipinski definition) is 3. The number of benzene rings is 3. The lowest BCUT2D eigenvalue weighted by molar-refractivity contribution is -0.126. The lowest BCUT2D eigenvalue weighted by Crippen LogP contribution is -2.53. The molecule has 2 atom stereocenters. The van der Waals surface area contributed by atoms with Crippen molar-refractivity contribution in [1.29, 1.82) is 0 Å². The number of rotatable bonds is 5. The zero-order valence-electron chi connectivity index (χ0n) is 15.6. The van der Waals surface area contributed by atoms with Gasteiger partial charge < -0.3 is 9.64 Å². The highest BCUT2D eigenvalue weighted by molar-refractivity contribution is 6.07. The predicted octanol–water partition coefficient (Wildman–Crippen LogP) is 4.74. The molecule has 3 aromatic rings. The summed E-state index contributed by atoms with van der Waals surface area (Å²) in [4.78, 5) is 26.8. The molecule has 0 aliphatic carbocycles. The number of ether oxygens (including phenoxy) is 1. The standard InChI is InChI=1S/C24H21NO3/c1-2-28-24(27)19-13-15-20(16-14-19)25-22(18-11-7-4-8-12-18)21(23(25)26)17-9-5-3-6-10-17/h3-16,21-22H,2H2,1H3/t21-,22+/m1/s1. The Labute approximate surface area is 164 Å². The van der Waals surface area contributed by atoms with Gasteiger partial charge in [-0.05, 0) is 42.3 Å². The summed E-state index contributed by atoms with van der Waals surface area (Å²) in [5.41, 5.74) is 3.36. The molecule has 3 aromatic carbocycles. The van der Waals surface area contributed by atoms with Crippen LogP contribution in [0.3, 0.4) is 0 Å². The number of carbonyl (C=O) groups excluding carboxylic acids is 2. The van der Waals surface area contributed by atoms with Crippen LogP contribution in [0, 0.1) is 0 Å². The van der Waals surface area contributed by atoms with Crippen LogP contribution in [0.15, 0.2) is 84.9 Å². The molecular formula is C24H21NO3. The third-order valence-electron chi connectivity index (χ3n) is 5.05. The number of nitrogens with zero attached hydrogens (tertiary/aromatic N) is 1. The molecule has 4 nitrogen and oxygen atoms in total. The maximum atomic E-state index is 13.1. The first-order valence-electron chi connectivity index (χ1n) is 9.41. The average Bonchev–Trinajstić information content (AvgIpc) is 2.74. The Morgan fingerprint density at radius 2 is 1.43 bits per heavy atom. The summed E-state index contributed by atoms with van der Waals surface area (Å²) in [7, 11) is 0. The van der Waals surface area contributed by atoms with E-state index in [0.717, 1.165) is 16.8 Å². The van der Waals surface area contributed by atoms with E-state index >= 15 is 0 Å². The average molecular weight is 371 g/mol. The van der Waals surface area contributed by atoms with Gasteiger partial charge in [0.25, 0.3) is 0 Å². The van der Waals surface area contributed by atoms with Crippen molar-refractivity contribution in [2.45, 2.75) is 18.9 Å². The van der Waals surface area contributed by atoms with E-state index in [1.165, 1.54) is 0 Å². The second-order valence-corrected chi connectivity index (χ2v) is 6.72. The first kappa shape index (κ1) is 18.0. The van der Waals surface area contributed by atoms with Gasteiger partial charge in [0.15, 0.2) is 0 Å². The van der Waals surface area contributed by atoms with Gasteiger partial charge in [-0.3, -0.25) is 4.79 Å². The second kappa shape index (κ2) is 7.69. The monoisotopic (exact) mass is 371 g/mol. The minimum absolute atomic E-state index is 0.0592. The summed E-state index contributed by atoms with van der Waals surface area (Å²) < 4.78 is 5.04. The van der Waals surface area contributed by atoms with E-state index in [2.05, 4.69) is 0 Å². The van der Waals surface area contributed by atoms with Crippen LogP contribution in [0.5, 0.6) is 0 Å². The number of hydrogen-bond donors (Lipinski definition) is 0. The predicted molar refractivity (Wildman–Crippen MR) is 108 cm³/mol. The summed E-state index contributed by atoms with van der Waals surface area (Å²) in [6.45, 7) is 2.11. The molecule has 0 aromatic heterocycles. The second-order valence-electron chi connectivity index (χ2n) is 6.72. The number of amides is 1. The van der Waals surface area contributed by atoms with Gasteiger partial charge in [-0.2, -0.15) is 0 Å². The van der Waals surface area contributed by atoms with Crippen LogP contribution >= 0.6 is 0 Å². The normalized spacial score (nSPS) is 18.5. The fourth-order valence-electron chi connectivity index (χ4n) is 3.73. The van der Waals surface area contributed by atoms with Crippen LogP contribution in [0.1, 0.15) is 40.4 Å². The largest absolute Gasteiger partial charge is 0.462 e. The van der Waals surface area contributed by atoms with Crippen LogP contribution in [-0.4, -0.2) is 18.5 Å². The third-order valence-corrected chi connectivity index (χ3v) is 5.05. The maximum Gasteiger partial charge on any atom is 0.338 e. The molecule has 140 valence electrons. The quantitative estimate of drug-likeness (QED) is 0.481. The molecule has 0 radical (unpaired) electrons. The lowest BCUT2D eigenvalue weighted by atomic mass is 9.77. The SMILES string of the molecule is CCOC(=O)c1ccc(N2C(=O)[C@H](c3ccccc3)[C@@H]2c2ccccc2)cc1. The summed E-state index contributed by atoms with van der Waals surface area (Å²) in [6.07, 6.45) is 0. The first-order valence-corrected chi connectivity index (χ1v) is 9.41. The Hall–Kier alpha value is -3.40. The molecule has 1 amide bonds. The minimum Gasteiger partial charge on any atom is -0.462 e. The summed E-state index contributed by atoms with van der Waals surface area (Å²) in [5, 5.41) is 0. The third kappa shape index (κ3) is 3.18. The molecule has 4 rings (SSSR count). The maximum absolute atomic E-state index is 13.1. The Bertz CT molecular complexity index is 968. The van der Waals surface area contributed by atoms with Crippen molar-refractivity contribution in [3.05, 3.63) is 102 Å². The molecule has 1 fully saturated rings. The smallest absolute Gasteiger partial charge is 0.338 e. The molecule has 0 spiro atoms. The highest BCUT2D eigenvalue weighted by Gasteiger charge is 2.49. The molecule has 0 unspecified atom stereocenters. The highest BCUT2D eigenvalue weighted by atomic mass is 16.5. The minimum atomic E-state index is -0.356. The van der Waals surface area contributed by atoms with Crippen molar-refractivity contribution >= 4 is 17.6 Å². The van der Waals surface area contributed by atoms with Crippen molar-refractivity contribution in [2.75, 3.05) is 11.5 Å². The fraction of sp³-hybridized carbons (Fsp3) is 0.167. The molecule has 0 N–H and O–H groups in total. The summed E-state index contributed by atoms with van der Waals surface area (Å²) in [6, 6.07) is 26.9. The number of esters is 1. The van der Waals surface area contributed by atoms with E-state index in [4.69, 9.17) is 4.74 Å².